The average Bonchev–Trinajstić information content (AvgIpc) is 2.77. The normalized spacial score (nSPS) is 13.4. The Balaban J connectivity index is 2.49. The molecule has 0 aliphatic carbocycles. The number of fused-ring (bicyclic) bond motifs is 1. The molecule has 0 unspecified atom stereocenters. The highest BCUT2D eigenvalue weighted by atomic mass is 35.5. The number of hydrogen-bond donors (Lipinski definition) is 1. The van der Waals surface area contributed by atoms with E-state index in [1.165, 1.54) is 0 Å². The summed E-state index contributed by atoms with van der Waals surface area (Å²) in [5.41, 5.74) is -0.118. The minimum atomic E-state index is -0.967. The summed E-state index contributed by atoms with van der Waals surface area (Å²) < 4.78 is 10.6. The quantitative estimate of drug-likeness (QED) is 0.860. The van der Waals surface area contributed by atoms with Crippen LogP contribution in [0.5, 0.6) is 11.5 Å². The standard InChI is InChI=1S/C13H13ClO5/c1-13(2,12(16)17)4-7-3-9(14)8(5-15)11-10(7)18-6-19-11/h3,5H,4,6H2,1-2H3,(H,16,17). The highest BCUT2D eigenvalue weighted by Crippen LogP contribution is 2.43. The second-order valence-corrected chi connectivity index (χ2v) is 5.39. The van der Waals surface area contributed by atoms with Crippen molar-refractivity contribution in [1.82, 2.24) is 0 Å². The van der Waals surface area contributed by atoms with Crippen LogP contribution in [-0.4, -0.2) is 24.2 Å². The lowest BCUT2D eigenvalue weighted by atomic mass is 9.85. The summed E-state index contributed by atoms with van der Waals surface area (Å²) >= 11 is 6.01. The summed E-state index contributed by atoms with van der Waals surface area (Å²) in [5.74, 6) is -0.227. The molecule has 0 saturated carbocycles. The number of hydrogen-bond acceptors (Lipinski definition) is 4. The van der Waals surface area contributed by atoms with Crippen molar-refractivity contribution < 1.29 is 24.2 Å². The van der Waals surface area contributed by atoms with E-state index in [0.717, 1.165) is 0 Å². The maximum Gasteiger partial charge on any atom is 0.309 e. The average molecular weight is 285 g/mol. The number of aliphatic carboxylic acids is 1. The first-order valence-electron chi connectivity index (χ1n) is 5.66. The predicted octanol–water partition coefficient (Wildman–Crippen LogP) is 2.53. The maximum absolute atomic E-state index is 11.2. The Bertz CT molecular complexity index is 550. The molecule has 6 heteroatoms. The van der Waals surface area contributed by atoms with Gasteiger partial charge in [-0.2, -0.15) is 0 Å². The smallest absolute Gasteiger partial charge is 0.309 e. The molecular formula is C13H13ClO5. The molecule has 0 atom stereocenters. The van der Waals surface area contributed by atoms with Crippen molar-refractivity contribution in [3.05, 3.63) is 22.2 Å². The van der Waals surface area contributed by atoms with E-state index in [2.05, 4.69) is 0 Å². The van der Waals surface area contributed by atoms with Gasteiger partial charge in [0.1, 0.15) is 0 Å². The Morgan fingerprint density at radius 1 is 1.47 bits per heavy atom. The Morgan fingerprint density at radius 2 is 2.11 bits per heavy atom. The molecule has 1 aliphatic rings. The molecule has 5 nitrogen and oxygen atoms in total. The summed E-state index contributed by atoms with van der Waals surface area (Å²) in [4.78, 5) is 22.2. The molecule has 0 bridgehead atoms. The van der Waals surface area contributed by atoms with Gasteiger partial charge in [0.15, 0.2) is 17.8 Å². The number of aldehydes is 1. The maximum atomic E-state index is 11.2. The first-order chi connectivity index (χ1) is 8.86. The number of carboxylic acids is 1. The van der Waals surface area contributed by atoms with E-state index >= 15 is 0 Å². The zero-order chi connectivity index (χ0) is 14.2. The van der Waals surface area contributed by atoms with Gasteiger partial charge in [0.25, 0.3) is 0 Å². The van der Waals surface area contributed by atoms with Crippen molar-refractivity contribution in [1.29, 1.82) is 0 Å². The fraction of sp³-hybridized carbons (Fsp3) is 0.385. The lowest BCUT2D eigenvalue weighted by Crippen LogP contribution is -2.26. The van der Waals surface area contributed by atoms with E-state index in [1.807, 2.05) is 0 Å². The van der Waals surface area contributed by atoms with Crippen LogP contribution in [-0.2, 0) is 11.2 Å². The molecule has 0 saturated heterocycles. The number of carbonyl (C=O) groups is 2. The van der Waals surface area contributed by atoms with E-state index in [4.69, 9.17) is 26.2 Å². The van der Waals surface area contributed by atoms with Gasteiger partial charge in [-0.1, -0.05) is 11.6 Å². The van der Waals surface area contributed by atoms with Crippen molar-refractivity contribution in [2.24, 2.45) is 5.41 Å². The molecule has 1 aromatic carbocycles. The van der Waals surface area contributed by atoms with E-state index in [-0.39, 0.29) is 23.8 Å². The monoisotopic (exact) mass is 284 g/mol. The summed E-state index contributed by atoms with van der Waals surface area (Å²) in [6, 6.07) is 1.56. The minimum absolute atomic E-state index is 0.00296. The van der Waals surface area contributed by atoms with Gasteiger partial charge in [-0.3, -0.25) is 9.59 Å². The molecule has 1 heterocycles. The molecule has 2 rings (SSSR count). The van der Waals surface area contributed by atoms with Gasteiger partial charge >= 0.3 is 5.97 Å². The third-order valence-corrected chi connectivity index (χ3v) is 3.35. The number of ether oxygens (including phenoxy) is 2. The highest BCUT2D eigenvalue weighted by molar-refractivity contribution is 6.33. The molecule has 102 valence electrons. The van der Waals surface area contributed by atoms with Crippen LogP contribution >= 0.6 is 11.6 Å². The van der Waals surface area contributed by atoms with Crippen LogP contribution in [0.25, 0.3) is 0 Å². The first-order valence-corrected chi connectivity index (χ1v) is 6.04. The SMILES string of the molecule is CC(C)(Cc1cc(Cl)c(C=O)c2c1OCO2)C(=O)O. The minimum Gasteiger partial charge on any atom is -0.481 e. The van der Waals surface area contributed by atoms with E-state index in [1.54, 1.807) is 19.9 Å². The number of rotatable bonds is 4. The van der Waals surface area contributed by atoms with Gasteiger partial charge in [-0.15, -0.1) is 0 Å². The lowest BCUT2D eigenvalue weighted by molar-refractivity contribution is -0.146. The van der Waals surface area contributed by atoms with Crippen molar-refractivity contribution >= 4 is 23.9 Å². The van der Waals surface area contributed by atoms with Crippen LogP contribution in [0.15, 0.2) is 6.07 Å². The summed E-state index contributed by atoms with van der Waals surface area (Å²) in [6.45, 7) is 3.22. The topological polar surface area (TPSA) is 72.8 Å². The number of halogens is 1. The van der Waals surface area contributed by atoms with Crippen molar-refractivity contribution in [2.75, 3.05) is 6.79 Å². The molecule has 0 spiro atoms. The molecule has 0 aromatic heterocycles. The second-order valence-electron chi connectivity index (χ2n) is 4.98. The van der Waals surface area contributed by atoms with Gasteiger partial charge in [0, 0.05) is 5.56 Å². The summed E-state index contributed by atoms with van der Waals surface area (Å²) in [7, 11) is 0. The zero-order valence-electron chi connectivity index (χ0n) is 10.5. The third kappa shape index (κ3) is 2.38. The largest absolute Gasteiger partial charge is 0.481 e. The Kier molecular flexibility index (Phi) is 3.41. The van der Waals surface area contributed by atoms with Gasteiger partial charge in [0.2, 0.25) is 6.79 Å². The molecule has 19 heavy (non-hydrogen) atoms. The van der Waals surface area contributed by atoms with Gasteiger partial charge < -0.3 is 14.6 Å². The lowest BCUT2D eigenvalue weighted by Gasteiger charge is -2.20. The Labute approximate surface area is 115 Å². The third-order valence-electron chi connectivity index (χ3n) is 3.04. The van der Waals surface area contributed by atoms with Crippen LogP contribution in [0.2, 0.25) is 5.02 Å². The molecule has 0 fully saturated rings. The number of carbonyl (C=O) groups excluding carboxylic acids is 1. The summed E-state index contributed by atoms with van der Waals surface area (Å²) in [6.07, 6.45) is 0.828. The van der Waals surface area contributed by atoms with Crippen LogP contribution in [0.4, 0.5) is 0 Å². The Hall–Kier alpha value is -1.75. The van der Waals surface area contributed by atoms with E-state index in [9.17, 15) is 9.59 Å². The van der Waals surface area contributed by atoms with E-state index in [0.29, 0.717) is 23.3 Å². The van der Waals surface area contributed by atoms with Crippen LogP contribution in [0.3, 0.4) is 0 Å². The highest BCUT2D eigenvalue weighted by Gasteiger charge is 2.32. The predicted molar refractivity (Wildman–Crippen MR) is 68.1 cm³/mol. The van der Waals surface area contributed by atoms with Crippen LogP contribution in [0.1, 0.15) is 29.8 Å². The van der Waals surface area contributed by atoms with Crippen molar-refractivity contribution in [2.45, 2.75) is 20.3 Å². The van der Waals surface area contributed by atoms with Crippen LogP contribution < -0.4 is 9.47 Å². The van der Waals surface area contributed by atoms with E-state index < -0.39 is 11.4 Å². The number of carboxylic acid groups (broad SMARTS) is 1. The zero-order valence-corrected chi connectivity index (χ0v) is 11.3. The van der Waals surface area contributed by atoms with Gasteiger partial charge in [0.05, 0.1) is 16.0 Å². The fourth-order valence-corrected chi connectivity index (χ4v) is 2.18. The van der Waals surface area contributed by atoms with Crippen LogP contribution in [0, 0.1) is 5.41 Å². The van der Waals surface area contributed by atoms with Crippen molar-refractivity contribution in [3.8, 4) is 11.5 Å². The molecule has 1 aromatic rings. The molecule has 1 N–H and O–H groups in total. The van der Waals surface area contributed by atoms with Crippen molar-refractivity contribution in [3.63, 3.8) is 0 Å². The molecule has 0 amide bonds. The first kappa shape index (κ1) is 13.7. The fourth-order valence-electron chi connectivity index (χ4n) is 1.91. The Morgan fingerprint density at radius 3 is 2.68 bits per heavy atom. The molecule has 1 aliphatic heterocycles. The molecular weight excluding hydrogens is 272 g/mol. The summed E-state index contributed by atoms with van der Waals surface area (Å²) in [5, 5.41) is 9.39. The second kappa shape index (κ2) is 4.74. The molecule has 0 radical (unpaired) electrons. The number of benzene rings is 1. The van der Waals surface area contributed by atoms with Gasteiger partial charge in [-0.05, 0) is 26.3 Å². The van der Waals surface area contributed by atoms with Gasteiger partial charge in [-0.25, -0.2) is 0 Å².